The van der Waals surface area contributed by atoms with Gasteiger partial charge in [-0.1, -0.05) is 25.8 Å². The zero-order valence-electron chi connectivity index (χ0n) is 15.4. The molecule has 0 spiro atoms. The molecule has 1 amide bonds. The van der Waals surface area contributed by atoms with Crippen LogP contribution in [0.4, 0.5) is 0 Å². The van der Waals surface area contributed by atoms with Gasteiger partial charge in [-0.05, 0) is 30.5 Å². The number of carbonyl (C=O) groups excluding carboxylic acids is 2. The molecule has 1 saturated carbocycles. The molecular weight excluding hydrogens is 334 g/mol. The molecule has 1 heterocycles. The summed E-state index contributed by atoms with van der Waals surface area (Å²) in [6.07, 6.45) is 4.09. The maximum Gasteiger partial charge on any atom is 0.290 e. The molecule has 1 aromatic carbocycles. The molecule has 1 unspecified atom stereocenters. The van der Waals surface area contributed by atoms with Crippen molar-refractivity contribution in [2.45, 2.75) is 51.1 Å². The van der Waals surface area contributed by atoms with Gasteiger partial charge in [0.2, 0.25) is 0 Å². The Morgan fingerprint density at radius 2 is 1.85 bits per heavy atom. The second kappa shape index (κ2) is 7.40. The van der Waals surface area contributed by atoms with Crippen molar-refractivity contribution in [1.29, 1.82) is 0 Å². The van der Waals surface area contributed by atoms with Gasteiger partial charge in [0.05, 0.1) is 25.8 Å². The molecule has 1 atom stereocenters. The molecule has 1 aliphatic heterocycles. The number of carbonyl (C=O) groups is 2. The van der Waals surface area contributed by atoms with Crippen molar-refractivity contribution in [3.05, 3.63) is 35.1 Å². The number of nitrogens with zero attached hydrogens (tertiary/aromatic N) is 1. The van der Waals surface area contributed by atoms with Crippen molar-refractivity contribution in [2.75, 3.05) is 14.2 Å². The zero-order chi connectivity index (χ0) is 18.8. The third-order valence-corrected chi connectivity index (χ3v) is 5.31. The Balaban J connectivity index is 2.11. The van der Waals surface area contributed by atoms with Gasteiger partial charge in [0.15, 0.2) is 23.0 Å². The van der Waals surface area contributed by atoms with Crippen LogP contribution in [0.3, 0.4) is 0 Å². The standard InChI is InChI=1S/C20H25NO5/c1-4-14(22)17-18(12-9-10-15(25-2)16(11-12)26-3)21(20(24)19(17)23)13-7-5-6-8-13/h9-11,13,18,23H,4-8H2,1-3H3. The number of aliphatic hydroxyl groups is 1. The topological polar surface area (TPSA) is 76.1 Å². The van der Waals surface area contributed by atoms with Gasteiger partial charge in [0, 0.05) is 12.5 Å². The van der Waals surface area contributed by atoms with Crippen LogP contribution in [0.25, 0.3) is 0 Å². The molecule has 0 bridgehead atoms. The fraction of sp³-hybridized carbons (Fsp3) is 0.500. The highest BCUT2D eigenvalue weighted by Gasteiger charge is 2.46. The Labute approximate surface area is 153 Å². The minimum atomic E-state index is -0.585. The summed E-state index contributed by atoms with van der Waals surface area (Å²) in [5, 5.41) is 10.5. The number of amides is 1. The quantitative estimate of drug-likeness (QED) is 0.843. The zero-order valence-corrected chi connectivity index (χ0v) is 15.4. The van der Waals surface area contributed by atoms with Crippen molar-refractivity contribution in [1.82, 2.24) is 4.90 Å². The van der Waals surface area contributed by atoms with Gasteiger partial charge < -0.3 is 19.5 Å². The van der Waals surface area contributed by atoms with E-state index in [4.69, 9.17) is 9.47 Å². The maximum atomic E-state index is 12.8. The third kappa shape index (κ3) is 2.93. The highest BCUT2D eigenvalue weighted by molar-refractivity contribution is 6.09. The largest absolute Gasteiger partial charge is 0.503 e. The van der Waals surface area contributed by atoms with Crippen LogP contribution in [-0.2, 0) is 9.59 Å². The lowest BCUT2D eigenvalue weighted by Crippen LogP contribution is -2.38. The highest BCUT2D eigenvalue weighted by Crippen LogP contribution is 2.44. The van der Waals surface area contributed by atoms with Crippen molar-refractivity contribution in [3.8, 4) is 11.5 Å². The van der Waals surface area contributed by atoms with E-state index in [0.29, 0.717) is 11.5 Å². The average Bonchev–Trinajstić information content (AvgIpc) is 3.27. The van der Waals surface area contributed by atoms with E-state index in [1.807, 2.05) is 6.07 Å². The van der Waals surface area contributed by atoms with Crippen LogP contribution in [0.15, 0.2) is 29.5 Å². The number of benzene rings is 1. The smallest absolute Gasteiger partial charge is 0.290 e. The predicted molar refractivity (Wildman–Crippen MR) is 96.3 cm³/mol. The van der Waals surface area contributed by atoms with Crippen molar-refractivity contribution in [3.63, 3.8) is 0 Å². The molecule has 26 heavy (non-hydrogen) atoms. The van der Waals surface area contributed by atoms with Crippen molar-refractivity contribution in [2.24, 2.45) is 0 Å². The van der Waals surface area contributed by atoms with Gasteiger partial charge in [-0.15, -0.1) is 0 Å². The SMILES string of the molecule is CCC(=O)C1=C(O)C(=O)N(C2CCCC2)C1c1ccc(OC)c(OC)c1. The Bertz CT molecular complexity index is 749. The molecule has 3 rings (SSSR count). The molecule has 1 N–H and O–H groups in total. The lowest BCUT2D eigenvalue weighted by molar-refractivity contribution is -0.131. The number of hydrogen-bond donors (Lipinski definition) is 1. The van der Waals surface area contributed by atoms with Crippen molar-refractivity contribution < 1.29 is 24.2 Å². The molecule has 140 valence electrons. The van der Waals surface area contributed by atoms with Gasteiger partial charge in [-0.3, -0.25) is 9.59 Å². The number of methoxy groups -OCH3 is 2. The Morgan fingerprint density at radius 1 is 1.19 bits per heavy atom. The van der Waals surface area contributed by atoms with Crippen LogP contribution in [0, 0.1) is 0 Å². The summed E-state index contributed by atoms with van der Waals surface area (Å²) in [5.41, 5.74) is 0.931. The second-order valence-corrected chi connectivity index (χ2v) is 6.71. The minimum absolute atomic E-state index is 0.0323. The number of ether oxygens (including phenoxy) is 2. The fourth-order valence-corrected chi connectivity index (χ4v) is 4.01. The maximum absolute atomic E-state index is 12.8. The van der Waals surface area contributed by atoms with Gasteiger partial charge in [-0.25, -0.2) is 0 Å². The van der Waals surface area contributed by atoms with E-state index in [2.05, 4.69) is 0 Å². The van der Waals surface area contributed by atoms with Gasteiger partial charge in [0.25, 0.3) is 5.91 Å². The van der Waals surface area contributed by atoms with Gasteiger partial charge >= 0.3 is 0 Å². The Hall–Kier alpha value is -2.50. The summed E-state index contributed by atoms with van der Waals surface area (Å²) in [6, 6.07) is 4.81. The van der Waals surface area contributed by atoms with Gasteiger partial charge in [0.1, 0.15) is 0 Å². The third-order valence-electron chi connectivity index (χ3n) is 5.31. The highest BCUT2D eigenvalue weighted by atomic mass is 16.5. The molecule has 0 aromatic heterocycles. The van der Waals surface area contributed by atoms with E-state index in [-0.39, 0.29) is 23.8 Å². The molecule has 6 heteroatoms. The van der Waals surface area contributed by atoms with Crippen LogP contribution < -0.4 is 9.47 Å². The van der Waals surface area contributed by atoms with E-state index in [9.17, 15) is 14.7 Å². The van der Waals surface area contributed by atoms with Crippen molar-refractivity contribution >= 4 is 11.7 Å². The van der Waals surface area contributed by atoms with Crippen LogP contribution in [0.2, 0.25) is 0 Å². The Morgan fingerprint density at radius 3 is 2.42 bits per heavy atom. The summed E-state index contributed by atoms with van der Waals surface area (Å²) in [4.78, 5) is 27.0. The van der Waals surface area contributed by atoms with Crippen LogP contribution in [-0.4, -0.2) is 42.0 Å². The second-order valence-electron chi connectivity index (χ2n) is 6.71. The fourth-order valence-electron chi connectivity index (χ4n) is 4.01. The number of ketones is 1. The first-order valence-electron chi connectivity index (χ1n) is 9.04. The molecule has 1 aromatic rings. The average molecular weight is 359 g/mol. The van der Waals surface area contributed by atoms with Gasteiger partial charge in [-0.2, -0.15) is 0 Å². The summed E-state index contributed by atoms with van der Waals surface area (Å²) in [7, 11) is 3.10. The number of Topliss-reactive ketones (excluding diaryl/α,β-unsaturated/α-hetero) is 1. The molecule has 0 saturated heterocycles. The van der Waals surface area contributed by atoms with E-state index in [1.165, 1.54) is 0 Å². The molecular formula is C20H25NO5. The van der Waals surface area contributed by atoms with Crippen LogP contribution in [0.5, 0.6) is 11.5 Å². The number of aliphatic hydroxyl groups excluding tert-OH is 1. The molecule has 6 nitrogen and oxygen atoms in total. The molecule has 0 radical (unpaired) electrons. The summed E-state index contributed by atoms with van der Waals surface area (Å²) in [6.45, 7) is 1.73. The lowest BCUT2D eigenvalue weighted by atomic mass is 9.94. The Kier molecular flexibility index (Phi) is 5.20. The van der Waals surface area contributed by atoms with E-state index < -0.39 is 17.7 Å². The summed E-state index contributed by atoms with van der Waals surface area (Å²) in [5.74, 6) is 0.0243. The molecule has 1 fully saturated rings. The first-order valence-corrected chi connectivity index (χ1v) is 9.04. The summed E-state index contributed by atoms with van der Waals surface area (Å²) < 4.78 is 10.7. The van der Waals surface area contributed by atoms with E-state index in [0.717, 1.165) is 31.2 Å². The molecule has 1 aliphatic carbocycles. The minimum Gasteiger partial charge on any atom is -0.503 e. The number of hydrogen-bond acceptors (Lipinski definition) is 5. The molecule has 2 aliphatic rings. The van der Waals surface area contributed by atoms with Crippen LogP contribution in [0.1, 0.15) is 50.6 Å². The van der Waals surface area contributed by atoms with E-state index in [1.54, 1.807) is 38.2 Å². The predicted octanol–water partition coefficient (Wildman–Crippen LogP) is 3.32. The monoisotopic (exact) mass is 359 g/mol. The summed E-state index contributed by atoms with van der Waals surface area (Å²) >= 11 is 0. The normalized spacial score (nSPS) is 20.8. The first-order chi connectivity index (χ1) is 12.5. The lowest BCUT2D eigenvalue weighted by Gasteiger charge is -2.32. The van der Waals surface area contributed by atoms with Crippen LogP contribution >= 0.6 is 0 Å². The first kappa shape index (κ1) is 18.3. The number of rotatable bonds is 6. The van der Waals surface area contributed by atoms with E-state index >= 15 is 0 Å².